The number of carbonyl (C=O) groups is 1. The van der Waals surface area contributed by atoms with Crippen molar-refractivity contribution in [3.05, 3.63) is 66.1 Å². The van der Waals surface area contributed by atoms with Crippen molar-refractivity contribution in [2.75, 3.05) is 23.8 Å². The molecular weight excluding hydrogens is 338 g/mol. The second-order valence-corrected chi connectivity index (χ2v) is 6.72. The number of nitrogens with zero attached hydrogens (tertiary/aromatic N) is 4. The summed E-state index contributed by atoms with van der Waals surface area (Å²) in [7, 11) is 2.02. The Morgan fingerprint density at radius 3 is 2.70 bits per heavy atom. The Labute approximate surface area is 159 Å². The van der Waals surface area contributed by atoms with E-state index >= 15 is 0 Å². The zero-order valence-electron chi connectivity index (χ0n) is 16.2. The number of anilines is 2. The molecule has 0 radical (unpaired) electrons. The molecule has 0 saturated carbocycles. The molecule has 0 atom stereocenters. The summed E-state index contributed by atoms with van der Waals surface area (Å²) in [5.41, 5.74) is 3.22. The topological polar surface area (TPSA) is 63.1 Å². The van der Waals surface area contributed by atoms with E-state index in [2.05, 4.69) is 27.2 Å². The van der Waals surface area contributed by atoms with Crippen LogP contribution in [0.3, 0.4) is 0 Å². The van der Waals surface area contributed by atoms with Gasteiger partial charge in [-0.3, -0.25) is 4.79 Å². The molecule has 0 aliphatic heterocycles. The van der Waals surface area contributed by atoms with Crippen LogP contribution < -0.4 is 10.2 Å². The first-order valence-electron chi connectivity index (χ1n) is 9.13. The molecule has 1 amide bonds. The molecule has 6 heteroatoms. The molecule has 3 rings (SSSR count). The van der Waals surface area contributed by atoms with Crippen LogP contribution in [-0.2, 0) is 0 Å². The molecule has 0 aliphatic rings. The minimum atomic E-state index is -0.169. The summed E-state index contributed by atoms with van der Waals surface area (Å²) in [4.78, 5) is 19.4. The smallest absolute Gasteiger partial charge is 0.259 e. The molecule has 2 aromatic heterocycles. The highest BCUT2D eigenvalue weighted by molar-refractivity contribution is 6.05. The van der Waals surface area contributed by atoms with E-state index < -0.39 is 0 Å². The third-order valence-corrected chi connectivity index (χ3v) is 4.48. The number of benzene rings is 1. The monoisotopic (exact) mass is 363 g/mol. The van der Waals surface area contributed by atoms with Crippen LogP contribution in [0.25, 0.3) is 5.82 Å². The molecule has 0 fully saturated rings. The summed E-state index contributed by atoms with van der Waals surface area (Å²) in [5.74, 6) is 0.650. The van der Waals surface area contributed by atoms with Gasteiger partial charge in [0.2, 0.25) is 0 Å². The van der Waals surface area contributed by atoms with Crippen molar-refractivity contribution in [3.63, 3.8) is 0 Å². The lowest BCUT2D eigenvalue weighted by atomic mass is 10.1. The van der Waals surface area contributed by atoms with E-state index in [1.807, 2.05) is 63.4 Å². The molecule has 6 nitrogen and oxygen atoms in total. The first-order valence-corrected chi connectivity index (χ1v) is 9.13. The fourth-order valence-electron chi connectivity index (χ4n) is 2.95. The van der Waals surface area contributed by atoms with Gasteiger partial charge in [-0.25, -0.2) is 9.67 Å². The Hall–Kier alpha value is -3.15. The van der Waals surface area contributed by atoms with Crippen molar-refractivity contribution >= 4 is 17.3 Å². The SMILES string of the molecule is CCN(C)c1cccc(NC(=O)c2cnn(-c3ccccn3)c2C(C)C)c1. The lowest BCUT2D eigenvalue weighted by Gasteiger charge is -2.18. The van der Waals surface area contributed by atoms with E-state index in [0.29, 0.717) is 11.4 Å². The van der Waals surface area contributed by atoms with Gasteiger partial charge in [-0.1, -0.05) is 26.0 Å². The van der Waals surface area contributed by atoms with Gasteiger partial charge in [0.15, 0.2) is 5.82 Å². The standard InChI is InChI=1S/C21H25N5O/c1-5-25(4)17-10-8-9-16(13-17)24-21(27)18-14-23-26(20(18)15(2)3)19-11-6-7-12-22-19/h6-15H,5H2,1-4H3,(H,24,27). The number of hydrogen-bond acceptors (Lipinski definition) is 4. The zero-order chi connectivity index (χ0) is 19.4. The van der Waals surface area contributed by atoms with Gasteiger partial charge >= 0.3 is 0 Å². The molecule has 0 bridgehead atoms. The van der Waals surface area contributed by atoms with Gasteiger partial charge < -0.3 is 10.2 Å². The van der Waals surface area contributed by atoms with Crippen LogP contribution in [-0.4, -0.2) is 34.3 Å². The molecule has 27 heavy (non-hydrogen) atoms. The van der Waals surface area contributed by atoms with Crippen molar-refractivity contribution in [1.82, 2.24) is 14.8 Å². The Morgan fingerprint density at radius 1 is 1.22 bits per heavy atom. The van der Waals surface area contributed by atoms with Gasteiger partial charge in [0.25, 0.3) is 5.91 Å². The van der Waals surface area contributed by atoms with Crippen LogP contribution in [0.4, 0.5) is 11.4 Å². The average Bonchev–Trinajstić information content (AvgIpc) is 3.14. The average molecular weight is 363 g/mol. The minimum Gasteiger partial charge on any atom is -0.375 e. The summed E-state index contributed by atoms with van der Waals surface area (Å²) >= 11 is 0. The first kappa shape index (κ1) is 18.6. The lowest BCUT2D eigenvalue weighted by Crippen LogP contribution is -2.17. The molecule has 0 saturated heterocycles. The number of carbonyl (C=O) groups excluding carboxylic acids is 1. The molecule has 0 aliphatic carbocycles. The molecule has 1 N–H and O–H groups in total. The summed E-state index contributed by atoms with van der Waals surface area (Å²) in [6, 6.07) is 13.5. The summed E-state index contributed by atoms with van der Waals surface area (Å²) in [6.45, 7) is 7.08. The van der Waals surface area contributed by atoms with Gasteiger partial charge in [-0.2, -0.15) is 5.10 Å². The van der Waals surface area contributed by atoms with Gasteiger partial charge in [0.05, 0.1) is 17.5 Å². The van der Waals surface area contributed by atoms with Crippen LogP contribution in [0.1, 0.15) is 42.7 Å². The Morgan fingerprint density at radius 2 is 2.04 bits per heavy atom. The van der Waals surface area contributed by atoms with E-state index in [-0.39, 0.29) is 11.8 Å². The maximum absolute atomic E-state index is 12.9. The first-order chi connectivity index (χ1) is 13.0. The van der Waals surface area contributed by atoms with Gasteiger partial charge in [-0.05, 0) is 43.2 Å². The highest BCUT2D eigenvalue weighted by atomic mass is 16.1. The summed E-state index contributed by atoms with van der Waals surface area (Å²) in [5, 5.41) is 7.41. The normalized spacial score (nSPS) is 10.9. The third kappa shape index (κ3) is 4.00. The number of nitrogens with one attached hydrogen (secondary N) is 1. The van der Waals surface area contributed by atoms with E-state index in [0.717, 1.165) is 23.6 Å². The highest BCUT2D eigenvalue weighted by Crippen LogP contribution is 2.24. The van der Waals surface area contributed by atoms with Crippen LogP contribution in [0, 0.1) is 0 Å². The van der Waals surface area contributed by atoms with Gasteiger partial charge in [0, 0.05) is 31.2 Å². The zero-order valence-corrected chi connectivity index (χ0v) is 16.2. The van der Waals surface area contributed by atoms with E-state index in [1.54, 1.807) is 17.1 Å². The predicted octanol–water partition coefficient (Wildman–Crippen LogP) is 4.10. The molecular formula is C21H25N5O. The van der Waals surface area contributed by atoms with E-state index in [1.165, 1.54) is 0 Å². The van der Waals surface area contributed by atoms with Gasteiger partial charge in [0.1, 0.15) is 0 Å². The summed E-state index contributed by atoms with van der Waals surface area (Å²) in [6.07, 6.45) is 3.33. The van der Waals surface area contributed by atoms with Crippen LogP contribution in [0.5, 0.6) is 0 Å². The molecule has 0 spiro atoms. The molecule has 1 aromatic carbocycles. The Kier molecular flexibility index (Phi) is 5.54. The van der Waals surface area contributed by atoms with E-state index in [4.69, 9.17) is 0 Å². The van der Waals surface area contributed by atoms with Crippen LogP contribution >= 0.6 is 0 Å². The molecule has 140 valence electrons. The summed E-state index contributed by atoms with van der Waals surface area (Å²) < 4.78 is 1.74. The van der Waals surface area contributed by atoms with E-state index in [9.17, 15) is 4.79 Å². The van der Waals surface area contributed by atoms with Crippen molar-refractivity contribution in [3.8, 4) is 5.82 Å². The second-order valence-electron chi connectivity index (χ2n) is 6.72. The number of aromatic nitrogens is 3. The Balaban J connectivity index is 1.91. The number of amides is 1. The van der Waals surface area contributed by atoms with Crippen molar-refractivity contribution in [1.29, 1.82) is 0 Å². The molecule has 3 aromatic rings. The number of pyridine rings is 1. The minimum absolute atomic E-state index is 0.118. The van der Waals surface area contributed by atoms with Crippen molar-refractivity contribution in [2.45, 2.75) is 26.7 Å². The fraction of sp³-hybridized carbons (Fsp3) is 0.286. The highest BCUT2D eigenvalue weighted by Gasteiger charge is 2.21. The predicted molar refractivity (Wildman–Crippen MR) is 109 cm³/mol. The van der Waals surface area contributed by atoms with Gasteiger partial charge in [-0.15, -0.1) is 0 Å². The Bertz CT molecular complexity index is 917. The second kappa shape index (κ2) is 8.03. The largest absolute Gasteiger partial charge is 0.375 e. The quantitative estimate of drug-likeness (QED) is 0.716. The number of rotatable bonds is 6. The number of hydrogen-bond donors (Lipinski definition) is 1. The van der Waals surface area contributed by atoms with Crippen LogP contribution in [0.15, 0.2) is 54.9 Å². The van der Waals surface area contributed by atoms with Crippen molar-refractivity contribution < 1.29 is 4.79 Å². The maximum atomic E-state index is 12.9. The maximum Gasteiger partial charge on any atom is 0.259 e. The fourth-order valence-corrected chi connectivity index (χ4v) is 2.95. The lowest BCUT2D eigenvalue weighted by molar-refractivity contribution is 0.102. The van der Waals surface area contributed by atoms with Crippen LogP contribution in [0.2, 0.25) is 0 Å². The molecule has 2 heterocycles. The third-order valence-electron chi connectivity index (χ3n) is 4.48. The molecule has 0 unspecified atom stereocenters. The van der Waals surface area contributed by atoms with Crippen molar-refractivity contribution in [2.24, 2.45) is 0 Å².